The van der Waals surface area contributed by atoms with Gasteiger partial charge in [0.25, 0.3) is 5.56 Å². The van der Waals surface area contributed by atoms with Crippen LogP contribution in [0, 0.1) is 0 Å². The van der Waals surface area contributed by atoms with E-state index in [-0.39, 0.29) is 18.7 Å². The smallest absolute Gasteiger partial charge is 0.332 e. The van der Waals surface area contributed by atoms with Crippen molar-refractivity contribution in [2.24, 2.45) is 0 Å². The lowest BCUT2D eigenvalue weighted by Crippen LogP contribution is -2.42. The molecule has 3 rings (SSSR count). The molecule has 0 atom stereocenters. The first-order valence-electron chi connectivity index (χ1n) is 6.39. The molecule has 1 aliphatic heterocycles. The first-order valence-corrected chi connectivity index (χ1v) is 6.39. The van der Waals surface area contributed by atoms with Gasteiger partial charge >= 0.3 is 5.69 Å². The fourth-order valence-corrected chi connectivity index (χ4v) is 2.16. The summed E-state index contributed by atoms with van der Waals surface area (Å²) in [6.45, 7) is 2.07. The fourth-order valence-electron chi connectivity index (χ4n) is 2.16. The second kappa shape index (κ2) is 5.51. The van der Waals surface area contributed by atoms with Gasteiger partial charge in [0.2, 0.25) is 0 Å². The predicted molar refractivity (Wildman–Crippen MR) is 69.7 cm³/mol. The van der Waals surface area contributed by atoms with Gasteiger partial charge in [-0.1, -0.05) is 0 Å². The molecular weight excluding hydrogens is 264 g/mol. The highest BCUT2D eigenvalue weighted by molar-refractivity contribution is 5.68. The van der Waals surface area contributed by atoms with Crippen LogP contribution in [0.15, 0.2) is 22.0 Å². The van der Waals surface area contributed by atoms with Crippen LogP contribution < -0.4 is 11.2 Å². The summed E-state index contributed by atoms with van der Waals surface area (Å²) in [7, 11) is 0. The van der Waals surface area contributed by atoms with Crippen LogP contribution in [0.4, 0.5) is 0 Å². The molecule has 106 valence electrons. The molecule has 0 spiro atoms. The van der Waals surface area contributed by atoms with Crippen molar-refractivity contribution in [1.82, 2.24) is 19.1 Å². The maximum absolute atomic E-state index is 12.4. The van der Waals surface area contributed by atoms with Crippen molar-refractivity contribution in [2.45, 2.75) is 13.1 Å². The highest BCUT2D eigenvalue weighted by Crippen LogP contribution is 2.01. The average Bonchev–Trinajstić information content (AvgIpc) is 2.50. The summed E-state index contributed by atoms with van der Waals surface area (Å²) >= 11 is 0. The summed E-state index contributed by atoms with van der Waals surface area (Å²) < 4.78 is 13.3. The molecule has 2 aromatic rings. The van der Waals surface area contributed by atoms with E-state index in [0.29, 0.717) is 32.0 Å². The molecule has 0 saturated heterocycles. The van der Waals surface area contributed by atoms with Gasteiger partial charge < -0.3 is 9.47 Å². The third-order valence-electron chi connectivity index (χ3n) is 3.13. The molecule has 0 fully saturated rings. The van der Waals surface area contributed by atoms with Crippen LogP contribution in [0.5, 0.6) is 0 Å². The van der Waals surface area contributed by atoms with Crippen LogP contribution in [0.25, 0.3) is 11.2 Å². The molecule has 0 N–H and O–H groups in total. The Morgan fingerprint density at radius 2 is 1.55 bits per heavy atom. The van der Waals surface area contributed by atoms with E-state index in [9.17, 15) is 9.59 Å². The minimum Gasteiger partial charge on any atom is -0.377 e. The summed E-state index contributed by atoms with van der Waals surface area (Å²) in [5, 5.41) is 0. The van der Waals surface area contributed by atoms with Crippen molar-refractivity contribution in [3.8, 4) is 0 Å². The topological polar surface area (TPSA) is 88.2 Å². The van der Waals surface area contributed by atoms with E-state index in [4.69, 9.17) is 9.47 Å². The third kappa shape index (κ3) is 2.23. The van der Waals surface area contributed by atoms with Crippen molar-refractivity contribution in [1.29, 1.82) is 0 Å². The van der Waals surface area contributed by atoms with Crippen molar-refractivity contribution in [2.75, 3.05) is 26.4 Å². The maximum atomic E-state index is 12.4. The molecule has 8 nitrogen and oxygen atoms in total. The highest BCUT2D eigenvalue weighted by atomic mass is 16.5. The van der Waals surface area contributed by atoms with Gasteiger partial charge in [-0.05, 0) is 0 Å². The van der Waals surface area contributed by atoms with Crippen LogP contribution in [-0.4, -0.2) is 45.5 Å². The van der Waals surface area contributed by atoms with Crippen molar-refractivity contribution < 1.29 is 9.47 Å². The normalized spacial score (nSPS) is 16.8. The van der Waals surface area contributed by atoms with E-state index in [1.54, 1.807) is 0 Å². The van der Waals surface area contributed by atoms with E-state index in [0.717, 1.165) is 4.57 Å². The number of aromatic nitrogens is 4. The Morgan fingerprint density at radius 3 is 2.30 bits per heavy atom. The minimum absolute atomic E-state index is 0.186. The molecule has 0 aromatic carbocycles. The van der Waals surface area contributed by atoms with E-state index in [1.165, 1.54) is 17.0 Å². The molecule has 2 aromatic heterocycles. The van der Waals surface area contributed by atoms with Gasteiger partial charge in [-0.15, -0.1) is 0 Å². The average molecular weight is 278 g/mol. The zero-order valence-corrected chi connectivity index (χ0v) is 10.8. The molecule has 0 aliphatic carbocycles. The number of hydrogen-bond donors (Lipinski definition) is 0. The molecule has 20 heavy (non-hydrogen) atoms. The Labute approximate surface area is 113 Å². The van der Waals surface area contributed by atoms with Crippen LogP contribution in [0.1, 0.15) is 0 Å². The Kier molecular flexibility index (Phi) is 3.57. The minimum atomic E-state index is -0.432. The monoisotopic (exact) mass is 278 g/mol. The molecule has 3 heterocycles. The SMILES string of the molecule is O=c1c2nccnc2n2c(=O)n1CCOCCOCC2. The molecular formula is C12H14N4O4. The second-order valence-electron chi connectivity index (χ2n) is 4.34. The summed E-state index contributed by atoms with van der Waals surface area (Å²) in [5.74, 6) is 0. The van der Waals surface area contributed by atoms with Gasteiger partial charge in [0, 0.05) is 12.4 Å². The zero-order valence-electron chi connectivity index (χ0n) is 10.8. The molecule has 0 amide bonds. The maximum Gasteiger partial charge on any atom is 0.332 e. The van der Waals surface area contributed by atoms with Gasteiger partial charge in [-0.2, -0.15) is 0 Å². The fraction of sp³-hybridized carbons (Fsp3) is 0.500. The lowest BCUT2D eigenvalue weighted by atomic mass is 10.4. The van der Waals surface area contributed by atoms with Crippen molar-refractivity contribution >= 4 is 11.2 Å². The second-order valence-corrected chi connectivity index (χ2v) is 4.34. The summed E-state index contributed by atoms with van der Waals surface area (Å²) in [6.07, 6.45) is 2.90. The van der Waals surface area contributed by atoms with Crippen LogP contribution in [0.3, 0.4) is 0 Å². The number of ether oxygens (including phenoxy) is 2. The van der Waals surface area contributed by atoms with Crippen molar-refractivity contribution in [3.05, 3.63) is 33.2 Å². The van der Waals surface area contributed by atoms with Crippen LogP contribution in [0.2, 0.25) is 0 Å². The molecule has 2 bridgehead atoms. The molecule has 0 unspecified atom stereocenters. The Balaban J connectivity index is 2.25. The Hall–Kier alpha value is -2.06. The molecule has 0 radical (unpaired) electrons. The van der Waals surface area contributed by atoms with E-state index < -0.39 is 11.2 Å². The quantitative estimate of drug-likeness (QED) is 0.614. The Bertz CT molecular complexity index is 736. The number of hydrogen-bond acceptors (Lipinski definition) is 6. The standard InChI is InChI=1S/C12H14N4O4/c17-11-9-10(14-2-1-13-9)15-3-5-19-7-8-20-6-4-16(11)12(15)18/h1-2H,3-8H2. The number of rotatable bonds is 0. The number of fused-ring (bicyclic) bond motifs is 4. The van der Waals surface area contributed by atoms with Gasteiger partial charge in [-0.3, -0.25) is 13.9 Å². The summed E-state index contributed by atoms with van der Waals surface area (Å²) in [5.41, 5.74) is -0.357. The highest BCUT2D eigenvalue weighted by Gasteiger charge is 2.15. The molecule has 0 saturated carbocycles. The van der Waals surface area contributed by atoms with Gasteiger partial charge in [0.05, 0.1) is 39.5 Å². The lowest BCUT2D eigenvalue weighted by Gasteiger charge is -2.11. The van der Waals surface area contributed by atoms with E-state index in [1.807, 2.05) is 0 Å². The lowest BCUT2D eigenvalue weighted by molar-refractivity contribution is 0.0444. The summed E-state index contributed by atoms with van der Waals surface area (Å²) in [4.78, 5) is 32.8. The summed E-state index contributed by atoms with van der Waals surface area (Å²) in [6, 6.07) is 0. The van der Waals surface area contributed by atoms with Gasteiger partial charge in [-0.25, -0.2) is 14.8 Å². The largest absolute Gasteiger partial charge is 0.377 e. The van der Waals surface area contributed by atoms with Gasteiger partial charge in [0.15, 0.2) is 11.2 Å². The van der Waals surface area contributed by atoms with E-state index >= 15 is 0 Å². The Morgan fingerprint density at radius 1 is 0.900 bits per heavy atom. The number of nitrogens with zero attached hydrogens (tertiary/aromatic N) is 4. The first kappa shape index (κ1) is 12.9. The molecule has 8 heteroatoms. The first-order chi connectivity index (χ1) is 9.79. The van der Waals surface area contributed by atoms with Crippen LogP contribution >= 0.6 is 0 Å². The zero-order chi connectivity index (χ0) is 13.9. The van der Waals surface area contributed by atoms with Gasteiger partial charge in [0.1, 0.15) is 0 Å². The third-order valence-corrected chi connectivity index (χ3v) is 3.13. The van der Waals surface area contributed by atoms with Crippen molar-refractivity contribution in [3.63, 3.8) is 0 Å². The predicted octanol–water partition coefficient (Wildman–Crippen LogP) is -1.000. The van der Waals surface area contributed by atoms with E-state index in [2.05, 4.69) is 9.97 Å². The van der Waals surface area contributed by atoms with Crippen LogP contribution in [-0.2, 0) is 22.6 Å². The molecule has 1 aliphatic rings.